The predicted octanol–water partition coefficient (Wildman–Crippen LogP) is 2.39. The molecule has 0 atom stereocenters. The Morgan fingerprint density at radius 1 is 1.05 bits per heavy atom. The molecule has 0 saturated heterocycles. The summed E-state index contributed by atoms with van der Waals surface area (Å²) in [4.78, 5) is 27.1. The molecule has 3 aromatic rings. The average Bonchev–Trinajstić information content (AvgIpc) is 2.46. The molecule has 0 unspecified atom stereocenters. The monoisotopic (exact) mass is 286 g/mol. The first kappa shape index (κ1) is 12.7. The first-order valence-corrected chi connectivity index (χ1v) is 6.49. The lowest BCUT2D eigenvalue weighted by Gasteiger charge is -2.06. The van der Waals surface area contributed by atoms with Crippen molar-refractivity contribution in [1.82, 2.24) is 9.55 Å². The second-order valence-electron chi connectivity index (χ2n) is 4.50. The number of aromatic nitrogens is 2. The average molecular weight is 287 g/mol. The van der Waals surface area contributed by atoms with E-state index in [1.807, 2.05) is 30.3 Å². The van der Waals surface area contributed by atoms with Crippen molar-refractivity contribution >= 4 is 22.5 Å². The maximum absolute atomic E-state index is 12.4. The van der Waals surface area contributed by atoms with Crippen molar-refractivity contribution in [3.63, 3.8) is 0 Å². The van der Waals surface area contributed by atoms with Crippen LogP contribution in [0.4, 0.5) is 0 Å². The van der Waals surface area contributed by atoms with Crippen molar-refractivity contribution in [3.05, 3.63) is 80.0 Å². The van der Waals surface area contributed by atoms with Gasteiger partial charge in [-0.2, -0.15) is 0 Å². The van der Waals surface area contributed by atoms with E-state index >= 15 is 0 Å². The highest BCUT2D eigenvalue weighted by Crippen LogP contribution is 2.13. The number of aromatic amines is 1. The summed E-state index contributed by atoms with van der Waals surface area (Å²) in [5, 5.41) is 0.876. The first-order valence-electron chi connectivity index (χ1n) is 6.11. The van der Waals surface area contributed by atoms with Crippen LogP contribution in [0.15, 0.2) is 58.1 Å². The van der Waals surface area contributed by atoms with Gasteiger partial charge in [-0.25, -0.2) is 4.79 Å². The molecule has 0 amide bonds. The van der Waals surface area contributed by atoms with Gasteiger partial charge in [-0.3, -0.25) is 9.36 Å². The fourth-order valence-electron chi connectivity index (χ4n) is 2.13. The summed E-state index contributed by atoms with van der Waals surface area (Å²) in [6, 6.07) is 14.2. The number of nitrogens with zero attached hydrogens (tertiary/aromatic N) is 1. The van der Waals surface area contributed by atoms with Crippen LogP contribution in [0.25, 0.3) is 10.9 Å². The third kappa shape index (κ3) is 2.26. The van der Waals surface area contributed by atoms with Crippen molar-refractivity contribution in [2.45, 2.75) is 6.54 Å². The number of nitrogens with one attached hydrogen (secondary N) is 1. The van der Waals surface area contributed by atoms with Crippen LogP contribution in [0, 0.1) is 0 Å². The van der Waals surface area contributed by atoms with Crippen LogP contribution in [0.2, 0.25) is 5.02 Å². The van der Waals surface area contributed by atoms with Gasteiger partial charge < -0.3 is 4.98 Å². The Balaban J connectivity index is 2.21. The standard InChI is InChI=1S/C15H11ClN2O2/c16-11-6-7-13-12(8-11)14(19)18(15(20)17-13)9-10-4-2-1-3-5-10/h1-8H,9H2,(H,17,20). The molecule has 3 rings (SSSR count). The molecule has 0 aliphatic carbocycles. The van der Waals surface area contributed by atoms with Crippen molar-refractivity contribution in [2.75, 3.05) is 0 Å². The molecule has 20 heavy (non-hydrogen) atoms. The number of halogens is 1. The summed E-state index contributed by atoms with van der Waals surface area (Å²) < 4.78 is 1.17. The molecule has 0 aliphatic rings. The third-order valence-corrected chi connectivity index (χ3v) is 3.36. The number of benzene rings is 2. The van der Waals surface area contributed by atoms with Gasteiger partial charge in [0.15, 0.2) is 0 Å². The van der Waals surface area contributed by atoms with Gasteiger partial charge in [0.2, 0.25) is 0 Å². The second kappa shape index (κ2) is 4.98. The van der Waals surface area contributed by atoms with Gasteiger partial charge >= 0.3 is 5.69 Å². The quantitative estimate of drug-likeness (QED) is 0.786. The molecule has 0 spiro atoms. The third-order valence-electron chi connectivity index (χ3n) is 3.13. The Morgan fingerprint density at radius 3 is 2.55 bits per heavy atom. The fourth-order valence-corrected chi connectivity index (χ4v) is 2.30. The van der Waals surface area contributed by atoms with Crippen LogP contribution in [0.5, 0.6) is 0 Å². The van der Waals surface area contributed by atoms with Gasteiger partial charge in [0.25, 0.3) is 5.56 Å². The van der Waals surface area contributed by atoms with E-state index in [-0.39, 0.29) is 12.1 Å². The molecule has 0 saturated carbocycles. The molecule has 100 valence electrons. The smallest absolute Gasteiger partial charge is 0.307 e. The molecule has 1 heterocycles. The van der Waals surface area contributed by atoms with Crippen molar-refractivity contribution in [1.29, 1.82) is 0 Å². The Morgan fingerprint density at radius 2 is 1.80 bits per heavy atom. The first-order chi connectivity index (χ1) is 9.65. The predicted molar refractivity (Wildman–Crippen MR) is 79.4 cm³/mol. The van der Waals surface area contributed by atoms with Crippen molar-refractivity contribution in [3.8, 4) is 0 Å². The molecule has 4 nitrogen and oxygen atoms in total. The maximum atomic E-state index is 12.4. The molecule has 1 aromatic heterocycles. The lowest BCUT2D eigenvalue weighted by atomic mass is 10.2. The zero-order valence-corrected chi connectivity index (χ0v) is 11.2. The van der Waals surface area contributed by atoms with Gasteiger partial charge in [-0.1, -0.05) is 41.9 Å². The number of fused-ring (bicyclic) bond motifs is 1. The van der Waals surface area contributed by atoms with E-state index in [1.54, 1.807) is 18.2 Å². The maximum Gasteiger partial charge on any atom is 0.329 e. The highest BCUT2D eigenvalue weighted by atomic mass is 35.5. The van der Waals surface area contributed by atoms with Gasteiger partial charge in [-0.15, -0.1) is 0 Å². The minimum Gasteiger partial charge on any atom is -0.307 e. The highest BCUT2D eigenvalue weighted by molar-refractivity contribution is 6.31. The molecule has 0 radical (unpaired) electrons. The molecule has 2 aromatic carbocycles. The van der Waals surface area contributed by atoms with E-state index in [9.17, 15) is 9.59 Å². The normalized spacial score (nSPS) is 10.8. The Bertz CT molecular complexity index is 882. The van der Waals surface area contributed by atoms with Crippen LogP contribution >= 0.6 is 11.6 Å². The number of H-pyrrole nitrogens is 1. The van der Waals surface area contributed by atoms with Gasteiger partial charge in [0.05, 0.1) is 17.4 Å². The molecule has 0 aliphatic heterocycles. The van der Waals surface area contributed by atoms with E-state index in [2.05, 4.69) is 4.98 Å². The molecule has 5 heteroatoms. The van der Waals surface area contributed by atoms with Crippen LogP contribution in [0.3, 0.4) is 0 Å². The molecular formula is C15H11ClN2O2. The van der Waals surface area contributed by atoms with Crippen molar-refractivity contribution in [2.24, 2.45) is 0 Å². The summed E-state index contributed by atoms with van der Waals surface area (Å²) in [7, 11) is 0. The zero-order valence-electron chi connectivity index (χ0n) is 10.5. The SMILES string of the molecule is O=c1[nH]c2ccc(Cl)cc2c(=O)n1Cc1ccccc1. The number of hydrogen-bond acceptors (Lipinski definition) is 2. The number of hydrogen-bond donors (Lipinski definition) is 1. The summed E-state index contributed by atoms with van der Waals surface area (Å²) in [6.45, 7) is 0.234. The fraction of sp³-hybridized carbons (Fsp3) is 0.0667. The molecular weight excluding hydrogens is 276 g/mol. The Hall–Kier alpha value is -2.33. The van der Waals surface area contributed by atoms with Crippen LogP contribution in [0.1, 0.15) is 5.56 Å². The topological polar surface area (TPSA) is 54.9 Å². The van der Waals surface area contributed by atoms with Gasteiger partial charge in [0.1, 0.15) is 0 Å². The summed E-state index contributed by atoms with van der Waals surface area (Å²) in [6.07, 6.45) is 0. The highest BCUT2D eigenvalue weighted by Gasteiger charge is 2.08. The van der Waals surface area contributed by atoms with E-state index in [0.29, 0.717) is 15.9 Å². The van der Waals surface area contributed by atoms with E-state index < -0.39 is 5.69 Å². The van der Waals surface area contributed by atoms with E-state index in [1.165, 1.54) is 4.57 Å². The lowest BCUT2D eigenvalue weighted by Crippen LogP contribution is -2.35. The van der Waals surface area contributed by atoms with E-state index in [0.717, 1.165) is 5.56 Å². The molecule has 0 fully saturated rings. The minimum atomic E-state index is -0.423. The van der Waals surface area contributed by atoms with Crippen LogP contribution < -0.4 is 11.2 Å². The summed E-state index contributed by atoms with van der Waals surface area (Å²) in [5.41, 5.74) is 0.624. The molecule has 1 N–H and O–H groups in total. The van der Waals surface area contributed by atoms with E-state index in [4.69, 9.17) is 11.6 Å². The van der Waals surface area contributed by atoms with Crippen molar-refractivity contribution < 1.29 is 0 Å². The zero-order chi connectivity index (χ0) is 14.1. The Labute approximate surface area is 119 Å². The number of rotatable bonds is 2. The minimum absolute atomic E-state index is 0.234. The second-order valence-corrected chi connectivity index (χ2v) is 4.93. The van der Waals surface area contributed by atoms with Crippen LogP contribution in [-0.2, 0) is 6.54 Å². The molecule has 0 bridgehead atoms. The summed E-state index contributed by atoms with van der Waals surface area (Å²) in [5.74, 6) is 0. The summed E-state index contributed by atoms with van der Waals surface area (Å²) >= 11 is 5.90. The largest absolute Gasteiger partial charge is 0.329 e. The van der Waals surface area contributed by atoms with Gasteiger partial charge in [0, 0.05) is 5.02 Å². The van der Waals surface area contributed by atoms with Crippen LogP contribution in [-0.4, -0.2) is 9.55 Å². The lowest BCUT2D eigenvalue weighted by molar-refractivity contribution is 0.712. The van der Waals surface area contributed by atoms with Gasteiger partial charge in [-0.05, 0) is 23.8 Å². The Kier molecular flexibility index (Phi) is 3.16.